The summed E-state index contributed by atoms with van der Waals surface area (Å²) in [5, 5.41) is 10.7. The number of esters is 4. The van der Waals surface area contributed by atoms with Gasteiger partial charge in [0.2, 0.25) is 0 Å². The van der Waals surface area contributed by atoms with Gasteiger partial charge in [-0.2, -0.15) is 0 Å². The summed E-state index contributed by atoms with van der Waals surface area (Å²) >= 11 is 0. The quantitative estimate of drug-likeness (QED) is 0.0222. The molecular weight excluding hydrogens is 1400 g/mol. The van der Waals surface area contributed by atoms with Gasteiger partial charge in [-0.3, -0.25) is 37.3 Å². The molecule has 0 spiro atoms. The Morgan fingerprint density at radius 2 is 0.370 bits per heavy atom. The second-order valence-electron chi connectivity index (χ2n) is 32.0. The van der Waals surface area contributed by atoms with Gasteiger partial charge in [0.05, 0.1) is 26.4 Å². The number of phosphoric acid groups is 2. The van der Waals surface area contributed by atoms with Gasteiger partial charge in [0.1, 0.15) is 19.3 Å². The Balaban J connectivity index is 5.14. The van der Waals surface area contributed by atoms with E-state index in [1.165, 1.54) is 308 Å². The van der Waals surface area contributed by atoms with E-state index < -0.39 is 97.5 Å². The molecule has 5 atom stereocenters. The zero-order chi connectivity index (χ0) is 78.9. The molecule has 0 aromatic heterocycles. The van der Waals surface area contributed by atoms with Crippen molar-refractivity contribution in [3.63, 3.8) is 0 Å². The Kier molecular flexibility index (Phi) is 81.5. The van der Waals surface area contributed by atoms with E-state index in [1.807, 2.05) is 0 Å². The summed E-state index contributed by atoms with van der Waals surface area (Å²) in [6, 6.07) is 0. The summed E-state index contributed by atoms with van der Waals surface area (Å²) in [4.78, 5) is 73.1. The monoisotopic (exact) mass is 1580 g/mol. The van der Waals surface area contributed by atoms with Crippen LogP contribution in [0.5, 0.6) is 0 Å². The molecule has 17 nitrogen and oxygen atoms in total. The molecule has 0 amide bonds. The van der Waals surface area contributed by atoms with Gasteiger partial charge in [-0.25, -0.2) is 9.13 Å². The average Bonchev–Trinajstić information content (AvgIpc) is 0.902. The van der Waals surface area contributed by atoms with Gasteiger partial charge in [0, 0.05) is 25.7 Å². The van der Waals surface area contributed by atoms with Gasteiger partial charge in [0.25, 0.3) is 0 Å². The number of carbonyl (C=O) groups is 4. The van der Waals surface area contributed by atoms with Crippen LogP contribution < -0.4 is 0 Å². The van der Waals surface area contributed by atoms with Crippen molar-refractivity contribution in [3.8, 4) is 0 Å². The first-order chi connectivity index (χ1) is 52.7. The number of hydrogen-bond donors (Lipinski definition) is 3. The lowest BCUT2D eigenvalue weighted by atomic mass is 10.0. The third kappa shape index (κ3) is 82.1. The molecule has 0 aliphatic heterocycles. The molecule has 0 saturated heterocycles. The molecule has 642 valence electrons. The van der Waals surface area contributed by atoms with Crippen LogP contribution in [-0.4, -0.2) is 96.7 Å². The molecule has 2 unspecified atom stereocenters. The maximum atomic E-state index is 13.2. The van der Waals surface area contributed by atoms with Crippen molar-refractivity contribution in [2.75, 3.05) is 39.6 Å². The highest BCUT2D eigenvalue weighted by Gasteiger charge is 2.30. The van der Waals surface area contributed by atoms with Crippen LogP contribution in [0.3, 0.4) is 0 Å². The highest BCUT2D eigenvalue weighted by Crippen LogP contribution is 2.45. The molecule has 0 aliphatic rings. The second kappa shape index (κ2) is 83.0. The minimum absolute atomic E-state index is 0.109. The van der Waals surface area contributed by atoms with Gasteiger partial charge < -0.3 is 33.8 Å². The first-order valence-electron chi connectivity index (χ1n) is 46.3. The molecule has 3 N–H and O–H groups in total. The SMILES string of the molecule is CCCCCCCCCCCCCCCCCCCCCCCCC(=O)O[C@H](COC(=O)CCCCCCCCCCCCCCCCCCCCCCC)COP(=O)(O)OC[C@@H](O)COP(=O)(O)OC[C@@H](COC(=O)CCCCCCCCC)OC(=O)CCCCCCCCCCCCCCCCCCCC. The number of hydrogen-bond acceptors (Lipinski definition) is 15. The maximum absolute atomic E-state index is 13.2. The predicted molar refractivity (Wildman–Crippen MR) is 446 cm³/mol. The predicted octanol–water partition coefficient (Wildman–Crippen LogP) is 27.7. The summed E-state index contributed by atoms with van der Waals surface area (Å²) in [5.74, 6) is -2.10. The molecule has 0 fully saturated rings. The zero-order valence-electron chi connectivity index (χ0n) is 70.8. The zero-order valence-corrected chi connectivity index (χ0v) is 72.6. The van der Waals surface area contributed by atoms with Crippen LogP contribution in [0.15, 0.2) is 0 Å². The number of aliphatic hydroxyl groups excluding tert-OH is 1. The molecular formula is C89H174O17P2. The van der Waals surface area contributed by atoms with Crippen molar-refractivity contribution in [2.45, 2.75) is 508 Å². The number of rotatable bonds is 90. The molecule has 0 bridgehead atoms. The third-order valence-corrected chi connectivity index (χ3v) is 23.0. The number of unbranched alkanes of at least 4 members (excludes halogenated alkanes) is 64. The fraction of sp³-hybridized carbons (Fsp3) is 0.955. The van der Waals surface area contributed by atoms with E-state index >= 15 is 0 Å². The summed E-state index contributed by atoms with van der Waals surface area (Å²) in [6.45, 7) is 5.03. The lowest BCUT2D eigenvalue weighted by Gasteiger charge is -2.21. The van der Waals surface area contributed by atoms with Crippen LogP contribution in [-0.2, 0) is 65.4 Å². The van der Waals surface area contributed by atoms with E-state index in [2.05, 4.69) is 27.7 Å². The minimum atomic E-state index is -4.97. The van der Waals surface area contributed by atoms with E-state index in [0.29, 0.717) is 25.7 Å². The largest absolute Gasteiger partial charge is 0.472 e. The van der Waals surface area contributed by atoms with Gasteiger partial charge in [-0.1, -0.05) is 439 Å². The minimum Gasteiger partial charge on any atom is -0.462 e. The van der Waals surface area contributed by atoms with Crippen molar-refractivity contribution in [1.82, 2.24) is 0 Å². The van der Waals surface area contributed by atoms with E-state index in [1.54, 1.807) is 0 Å². The molecule has 19 heteroatoms. The van der Waals surface area contributed by atoms with E-state index in [9.17, 15) is 43.2 Å². The first kappa shape index (κ1) is 106. The second-order valence-corrected chi connectivity index (χ2v) is 34.9. The van der Waals surface area contributed by atoms with Crippen LogP contribution in [0.25, 0.3) is 0 Å². The standard InChI is InChI=1S/C89H174O17P2/c1-5-9-13-17-21-24-27-30-33-36-39-41-43-45-48-51-54-57-60-64-68-72-76-89(94)106-85(80-100-87(92)74-70-66-62-58-55-52-49-47-44-42-40-37-34-31-28-25-22-18-14-10-6-2)82-104-108(97,98)102-78-83(90)77-101-107(95,96)103-81-84(79-99-86(91)73-69-65-61-20-16-12-8-4)105-88(93)75-71-67-63-59-56-53-50-46-38-35-32-29-26-23-19-15-11-7-3/h83-85,90H,5-82H2,1-4H3,(H,95,96)(H,97,98)/t83-,84+,85+/m0/s1. The van der Waals surface area contributed by atoms with E-state index in [-0.39, 0.29) is 25.7 Å². The topological polar surface area (TPSA) is 237 Å². The molecule has 0 aliphatic carbocycles. The van der Waals surface area contributed by atoms with Gasteiger partial charge >= 0.3 is 39.5 Å². The van der Waals surface area contributed by atoms with Crippen LogP contribution in [0, 0.1) is 0 Å². The Morgan fingerprint density at radius 3 is 0.546 bits per heavy atom. The highest BCUT2D eigenvalue weighted by atomic mass is 31.2. The Hall–Kier alpha value is -1.94. The molecule has 108 heavy (non-hydrogen) atoms. The molecule has 0 aromatic rings. The van der Waals surface area contributed by atoms with E-state index in [0.717, 1.165) is 103 Å². The lowest BCUT2D eigenvalue weighted by molar-refractivity contribution is -0.161. The van der Waals surface area contributed by atoms with Crippen LogP contribution >= 0.6 is 15.6 Å². The summed E-state index contributed by atoms with van der Waals surface area (Å²) < 4.78 is 68.9. The van der Waals surface area contributed by atoms with Gasteiger partial charge in [-0.05, 0) is 25.7 Å². The fourth-order valence-corrected chi connectivity index (χ4v) is 15.6. The smallest absolute Gasteiger partial charge is 0.462 e. The maximum Gasteiger partial charge on any atom is 0.472 e. The van der Waals surface area contributed by atoms with Crippen molar-refractivity contribution in [1.29, 1.82) is 0 Å². The molecule has 0 heterocycles. The van der Waals surface area contributed by atoms with Crippen molar-refractivity contribution < 1.29 is 80.2 Å². The first-order valence-corrected chi connectivity index (χ1v) is 49.3. The Labute approximate surface area is 664 Å². The number of aliphatic hydroxyl groups is 1. The van der Waals surface area contributed by atoms with E-state index in [4.69, 9.17) is 37.0 Å². The lowest BCUT2D eigenvalue weighted by Crippen LogP contribution is -2.30. The van der Waals surface area contributed by atoms with Crippen LogP contribution in [0.2, 0.25) is 0 Å². The summed E-state index contributed by atoms with van der Waals surface area (Å²) in [5.41, 5.74) is 0. The normalized spacial score (nSPS) is 13.7. The fourth-order valence-electron chi connectivity index (χ4n) is 14.1. The number of phosphoric ester groups is 2. The van der Waals surface area contributed by atoms with Crippen molar-refractivity contribution >= 4 is 39.5 Å². The van der Waals surface area contributed by atoms with Crippen molar-refractivity contribution in [3.05, 3.63) is 0 Å². The highest BCUT2D eigenvalue weighted by molar-refractivity contribution is 7.47. The molecule has 0 saturated carbocycles. The number of ether oxygens (including phenoxy) is 4. The molecule has 0 aromatic carbocycles. The van der Waals surface area contributed by atoms with Crippen LogP contribution in [0.4, 0.5) is 0 Å². The third-order valence-electron chi connectivity index (χ3n) is 21.1. The summed E-state index contributed by atoms with van der Waals surface area (Å²) in [6.07, 6.45) is 79.6. The molecule has 0 radical (unpaired) electrons. The average molecular weight is 1580 g/mol. The van der Waals surface area contributed by atoms with Gasteiger partial charge in [-0.15, -0.1) is 0 Å². The Morgan fingerprint density at radius 1 is 0.222 bits per heavy atom. The molecule has 0 rings (SSSR count). The van der Waals surface area contributed by atoms with Crippen LogP contribution in [0.1, 0.15) is 490 Å². The Bertz CT molecular complexity index is 2030. The number of carbonyl (C=O) groups excluding carboxylic acids is 4. The van der Waals surface area contributed by atoms with Crippen molar-refractivity contribution in [2.24, 2.45) is 0 Å². The van der Waals surface area contributed by atoms with Gasteiger partial charge in [0.15, 0.2) is 12.2 Å². The summed E-state index contributed by atoms with van der Waals surface area (Å²) in [7, 11) is -9.92.